The summed E-state index contributed by atoms with van der Waals surface area (Å²) in [6.45, 7) is 0. The number of halogens is 4. The maximum absolute atomic E-state index is 13.1. The first-order chi connectivity index (χ1) is 11.8. The van der Waals surface area contributed by atoms with Crippen LogP contribution < -0.4 is 5.32 Å². The van der Waals surface area contributed by atoms with Crippen molar-refractivity contribution in [3.63, 3.8) is 0 Å². The molecular weight excluding hydrogens is 360 g/mol. The molecule has 25 heavy (non-hydrogen) atoms. The van der Waals surface area contributed by atoms with Gasteiger partial charge in [-0.2, -0.15) is 22.5 Å². The molecule has 1 aromatic carbocycles. The van der Waals surface area contributed by atoms with Crippen molar-refractivity contribution in [1.29, 1.82) is 0 Å². The number of nitrogens with one attached hydrogen (secondary N) is 1. The summed E-state index contributed by atoms with van der Waals surface area (Å²) in [5.41, 5.74) is -1.61. The van der Waals surface area contributed by atoms with Crippen LogP contribution in [0.1, 0.15) is 15.9 Å². The Balaban J connectivity index is 1.86. The van der Waals surface area contributed by atoms with Crippen LogP contribution in [0.5, 0.6) is 0 Å². The minimum absolute atomic E-state index is 0.00287. The number of amides is 1. The molecule has 0 saturated heterocycles. The van der Waals surface area contributed by atoms with Gasteiger partial charge in [0.25, 0.3) is 5.91 Å². The van der Waals surface area contributed by atoms with E-state index in [1.807, 2.05) is 0 Å². The Morgan fingerprint density at radius 1 is 1.16 bits per heavy atom. The first-order valence-electron chi connectivity index (χ1n) is 6.78. The summed E-state index contributed by atoms with van der Waals surface area (Å²) >= 11 is 0.795. The van der Waals surface area contributed by atoms with E-state index in [2.05, 4.69) is 19.7 Å². The van der Waals surface area contributed by atoms with Gasteiger partial charge < -0.3 is 0 Å². The third kappa shape index (κ3) is 3.79. The second-order valence-electron chi connectivity index (χ2n) is 4.78. The highest BCUT2D eigenvalue weighted by Crippen LogP contribution is 2.33. The van der Waals surface area contributed by atoms with Crippen molar-refractivity contribution in [3.05, 3.63) is 59.5 Å². The van der Waals surface area contributed by atoms with E-state index >= 15 is 0 Å². The zero-order chi connectivity index (χ0) is 18.0. The van der Waals surface area contributed by atoms with Crippen LogP contribution in [0.3, 0.4) is 0 Å². The lowest BCUT2D eigenvalue weighted by Gasteiger charge is -2.12. The van der Waals surface area contributed by atoms with E-state index in [0.29, 0.717) is 5.69 Å². The summed E-state index contributed by atoms with van der Waals surface area (Å²) in [6.07, 6.45) is -3.34. The normalized spacial score (nSPS) is 11.4. The van der Waals surface area contributed by atoms with Crippen molar-refractivity contribution in [2.24, 2.45) is 0 Å². The molecule has 1 N–H and O–H groups in total. The molecule has 128 valence electrons. The molecule has 10 heteroatoms. The van der Waals surface area contributed by atoms with Crippen molar-refractivity contribution in [2.45, 2.75) is 6.18 Å². The van der Waals surface area contributed by atoms with E-state index in [-0.39, 0.29) is 17.0 Å². The molecule has 2 heterocycles. The lowest BCUT2D eigenvalue weighted by atomic mass is 10.1. The number of benzene rings is 1. The minimum atomic E-state index is -4.87. The van der Waals surface area contributed by atoms with Crippen LogP contribution in [0.2, 0.25) is 0 Å². The van der Waals surface area contributed by atoms with Gasteiger partial charge in [-0.15, -0.1) is 0 Å². The average molecular weight is 368 g/mol. The Morgan fingerprint density at radius 3 is 2.64 bits per heavy atom. The Kier molecular flexibility index (Phi) is 4.45. The van der Waals surface area contributed by atoms with Crippen LogP contribution in [0.15, 0.2) is 42.6 Å². The Morgan fingerprint density at radius 2 is 1.96 bits per heavy atom. The van der Waals surface area contributed by atoms with Gasteiger partial charge in [-0.25, -0.2) is 4.39 Å². The van der Waals surface area contributed by atoms with E-state index in [1.54, 1.807) is 18.2 Å². The summed E-state index contributed by atoms with van der Waals surface area (Å²) in [7, 11) is 0. The largest absolute Gasteiger partial charge is 0.417 e. The molecule has 0 fully saturated rings. The molecule has 0 aliphatic rings. The number of alkyl halides is 3. The highest BCUT2D eigenvalue weighted by atomic mass is 32.1. The van der Waals surface area contributed by atoms with Gasteiger partial charge in [0.2, 0.25) is 5.13 Å². The molecule has 0 saturated carbocycles. The first-order valence-corrected chi connectivity index (χ1v) is 7.55. The molecule has 0 spiro atoms. The molecule has 3 rings (SSSR count). The van der Waals surface area contributed by atoms with Gasteiger partial charge in [-0.05, 0) is 30.3 Å². The summed E-state index contributed by atoms with van der Waals surface area (Å²) in [5.74, 6) is -1.91. The van der Waals surface area contributed by atoms with Gasteiger partial charge in [0.15, 0.2) is 5.82 Å². The number of rotatable bonds is 3. The predicted octanol–water partition coefficient (Wildman–Crippen LogP) is 4.01. The SMILES string of the molecule is O=C(Nc1nc(-c2ccccn2)ns1)c1ccc(F)cc1C(F)(F)F. The molecule has 0 unspecified atom stereocenters. The number of anilines is 1. The van der Waals surface area contributed by atoms with Gasteiger partial charge in [-0.1, -0.05) is 6.07 Å². The maximum Gasteiger partial charge on any atom is 0.417 e. The van der Waals surface area contributed by atoms with Crippen molar-refractivity contribution < 1.29 is 22.4 Å². The van der Waals surface area contributed by atoms with Crippen LogP contribution >= 0.6 is 11.5 Å². The van der Waals surface area contributed by atoms with Gasteiger partial charge >= 0.3 is 6.18 Å². The second kappa shape index (κ2) is 6.55. The summed E-state index contributed by atoms with van der Waals surface area (Å²) in [6, 6.07) is 6.89. The third-order valence-corrected chi connectivity index (χ3v) is 3.70. The summed E-state index contributed by atoms with van der Waals surface area (Å²) in [4.78, 5) is 20.2. The number of carbonyl (C=O) groups excluding carboxylic acids is 1. The second-order valence-corrected chi connectivity index (χ2v) is 5.53. The molecule has 0 aliphatic heterocycles. The third-order valence-electron chi connectivity index (χ3n) is 3.07. The Bertz CT molecular complexity index is 911. The topological polar surface area (TPSA) is 67.8 Å². The van der Waals surface area contributed by atoms with Crippen molar-refractivity contribution in [1.82, 2.24) is 14.3 Å². The molecule has 0 bridgehead atoms. The van der Waals surface area contributed by atoms with Crippen LogP contribution in [0.4, 0.5) is 22.7 Å². The predicted molar refractivity (Wildman–Crippen MR) is 82.5 cm³/mol. The molecule has 3 aromatic rings. The van der Waals surface area contributed by atoms with E-state index in [1.165, 1.54) is 6.20 Å². The van der Waals surface area contributed by atoms with Crippen LogP contribution in [0.25, 0.3) is 11.5 Å². The molecule has 5 nitrogen and oxygen atoms in total. The molecule has 1 amide bonds. The molecular formula is C15H8F4N4OS. The standard InChI is InChI=1S/C15H8F4N4OS/c16-8-4-5-9(10(7-8)15(17,18)19)13(24)22-14-21-12(23-25-14)11-3-1-2-6-20-11/h1-7H,(H,21,22,23,24). The van der Waals surface area contributed by atoms with Gasteiger partial charge in [0.05, 0.1) is 11.1 Å². The molecule has 2 aromatic heterocycles. The Hall–Kier alpha value is -2.88. The van der Waals surface area contributed by atoms with E-state index in [0.717, 1.165) is 23.7 Å². The first kappa shape index (κ1) is 17.0. The van der Waals surface area contributed by atoms with Crippen LogP contribution in [-0.4, -0.2) is 20.2 Å². The van der Waals surface area contributed by atoms with Gasteiger partial charge in [-0.3, -0.25) is 15.1 Å². The summed E-state index contributed by atoms with van der Waals surface area (Å²) < 4.78 is 56.0. The quantitative estimate of drug-likeness (QED) is 0.710. The molecule has 0 radical (unpaired) electrons. The Labute approximate surface area is 142 Å². The average Bonchev–Trinajstić information content (AvgIpc) is 3.03. The zero-order valence-electron chi connectivity index (χ0n) is 12.2. The minimum Gasteiger partial charge on any atom is -0.297 e. The number of carbonyl (C=O) groups is 1. The van der Waals surface area contributed by atoms with Crippen LogP contribution in [-0.2, 0) is 6.18 Å². The van der Waals surface area contributed by atoms with E-state index < -0.39 is 29.0 Å². The number of pyridine rings is 1. The fraction of sp³-hybridized carbons (Fsp3) is 0.0667. The summed E-state index contributed by atoms with van der Waals surface area (Å²) in [5, 5.41) is 2.24. The van der Waals surface area contributed by atoms with E-state index in [9.17, 15) is 22.4 Å². The van der Waals surface area contributed by atoms with Crippen molar-refractivity contribution >= 4 is 22.6 Å². The lowest BCUT2D eigenvalue weighted by Crippen LogP contribution is -2.19. The number of aromatic nitrogens is 3. The van der Waals surface area contributed by atoms with Crippen molar-refractivity contribution in [3.8, 4) is 11.5 Å². The maximum atomic E-state index is 13.1. The van der Waals surface area contributed by atoms with Crippen LogP contribution in [0, 0.1) is 5.82 Å². The zero-order valence-corrected chi connectivity index (χ0v) is 13.0. The van der Waals surface area contributed by atoms with E-state index in [4.69, 9.17) is 0 Å². The number of nitrogens with zero attached hydrogens (tertiary/aromatic N) is 3. The van der Waals surface area contributed by atoms with Gasteiger partial charge in [0.1, 0.15) is 11.5 Å². The highest BCUT2D eigenvalue weighted by molar-refractivity contribution is 7.10. The number of hydrogen-bond donors (Lipinski definition) is 1. The highest BCUT2D eigenvalue weighted by Gasteiger charge is 2.35. The van der Waals surface area contributed by atoms with Gasteiger partial charge in [0, 0.05) is 17.7 Å². The lowest BCUT2D eigenvalue weighted by molar-refractivity contribution is -0.138. The smallest absolute Gasteiger partial charge is 0.297 e. The fourth-order valence-electron chi connectivity index (χ4n) is 1.99. The monoisotopic (exact) mass is 368 g/mol. The fourth-order valence-corrected chi connectivity index (χ4v) is 2.56. The number of hydrogen-bond acceptors (Lipinski definition) is 5. The van der Waals surface area contributed by atoms with Crippen molar-refractivity contribution in [2.75, 3.05) is 5.32 Å². The molecule has 0 atom stereocenters. The molecule has 0 aliphatic carbocycles.